The van der Waals surface area contributed by atoms with Crippen molar-refractivity contribution in [3.8, 4) is 5.75 Å². The summed E-state index contributed by atoms with van der Waals surface area (Å²) in [5.74, 6) is -0.648. The van der Waals surface area contributed by atoms with Crippen LogP contribution in [0.4, 0.5) is 13.2 Å². The van der Waals surface area contributed by atoms with Crippen molar-refractivity contribution >= 4 is 15.9 Å². The molecule has 0 saturated heterocycles. The van der Waals surface area contributed by atoms with E-state index < -0.39 is 17.5 Å². The lowest BCUT2D eigenvalue weighted by molar-refractivity contribution is -0.138. The molecule has 0 heterocycles. The van der Waals surface area contributed by atoms with Gasteiger partial charge >= 0.3 is 6.18 Å². The summed E-state index contributed by atoms with van der Waals surface area (Å²) < 4.78 is 36.1. The molecule has 1 nitrogen and oxygen atoms in total. The first-order valence-corrected chi connectivity index (χ1v) is 3.74. The third-order valence-corrected chi connectivity index (χ3v) is 1.93. The first-order valence-electron chi connectivity index (χ1n) is 2.95. The molecule has 0 aliphatic rings. The maximum Gasteiger partial charge on any atom is 0.417 e. The predicted octanol–water partition coefficient (Wildman–Crippen LogP) is 3.61. The number of alkyl halides is 3. The molecule has 1 aromatic carbocycles. The smallest absolute Gasteiger partial charge is 0.290 e. The fourth-order valence-corrected chi connectivity index (χ4v) is 1.19. The van der Waals surface area contributed by atoms with Gasteiger partial charge in [0.05, 0.1) is 5.56 Å². The van der Waals surface area contributed by atoms with Crippen LogP contribution in [-0.4, -0.2) is 0 Å². The molecule has 0 fully saturated rings. The van der Waals surface area contributed by atoms with E-state index in [9.17, 15) is 18.3 Å². The van der Waals surface area contributed by atoms with E-state index in [1.54, 1.807) is 0 Å². The van der Waals surface area contributed by atoms with Crippen molar-refractivity contribution in [3.63, 3.8) is 0 Å². The molecule has 0 aromatic heterocycles. The molecule has 0 spiro atoms. The Morgan fingerprint density at radius 3 is 2.25 bits per heavy atom. The SMILES string of the molecule is [O]c1ccc(Br)c(C(F)(F)F)c1. The summed E-state index contributed by atoms with van der Waals surface area (Å²) in [6.45, 7) is 0. The van der Waals surface area contributed by atoms with E-state index >= 15 is 0 Å². The van der Waals surface area contributed by atoms with Crippen molar-refractivity contribution in [2.24, 2.45) is 0 Å². The maximum absolute atomic E-state index is 12.1. The molecule has 1 rings (SSSR count). The van der Waals surface area contributed by atoms with Gasteiger partial charge in [0, 0.05) is 4.47 Å². The normalized spacial score (nSPS) is 11.7. The molecule has 0 saturated carbocycles. The van der Waals surface area contributed by atoms with Crippen molar-refractivity contribution in [2.75, 3.05) is 0 Å². The van der Waals surface area contributed by atoms with Gasteiger partial charge in [-0.3, -0.25) is 5.11 Å². The van der Waals surface area contributed by atoms with E-state index in [0.717, 1.165) is 12.1 Å². The molecule has 12 heavy (non-hydrogen) atoms. The summed E-state index contributed by atoms with van der Waals surface area (Å²) in [4.78, 5) is 0. The quantitative estimate of drug-likeness (QED) is 0.660. The summed E-state index contributed by atoms with van der Waals surface area (Å²) in [6, 6.07) is 2.72. The number of rotatable bonds is 0. The Hall–Kier alpha value is -0.710. The monoisotopic (exact) mass is 239 g/mol. The average Bonchev–Trinajstić information content (AvgIpc) is 1.92. The Morgan fingerprint density at radius 1 is 1.25 bits per heavy atom. The summed E-state index contributed by atoms with van der Waals surface area (Å²) in [6.07, 6.45) is -4.47. The van der Waals surface area contributed by atoms with Crippen LogP contribution >= 0.6 is 15.9 Å². The van der Waals surface area contributed by atoms with Gasteiger partial charge in [0.15, 0.2) is 5.75 Å². The first-order chi connectivity index (χ1) is 5.41. The predicted molar refractivity (Wildman–Crippen MR) is 39.3 cm³/mol. The fourth-order valence-electron chi connectivity index (χ4n) is 0.722. The number of halogens is 4. The number of hydrogen-bond donors (Lipinski definition) is 0. The van der Waals surface area contributed by atoms with E-state index in [1.807, 2.05) is 0 Å². The van der Waals surface area contributed by atoms with Crippen LogP contribution in [0.5, 0.6) is 5.75 Å². The standard InChI is InChI=1S/C7H3BrF3O/c8-6-2-1-4(12)3-5(6)7(9,10)11/h1-3H. The van der Waals surface area contributed by atoms with Crippen molar-refractivity contribution < 1.29 is 18.3 Å². The van der Waals surface area contributed by atoms with E-state index in [4.69, 9.17) is 0 Å². The van der Waals surface area contributed by atoms with Crippen LogP contribution in [0.1, 0.15) is 5.56 Å². The lowest BCUT2D eigenvalue weighted by Gasteiger charge is -2.07. The molecule has 1 aromatic rings. The van der Waals surface area contributed by atoms with Crippen molar-refractivity contribution in [2.45, 2.75) is 6.18 Å². The molecule has 1 radical (unpaired) electrons. The largest absolute Gasteiger partial charge is 0.417 e. The van der Waals surface area contributed by atoms with Gasteiger partial charge in [0.1, 0.15) is 0 Å². The lowest BCUT2D eigenvalue weighted by atomic mass is 10.2. The lowest BCUT2D eigenvalue weighted by Crippen LogP contribution is -2.05. The van der Waals surface area contributed by atoms with Crippen molar-refractivity contribution in [1.29, 1.82) is 0 Å². The van der Waals surface area contributed by atoms with E-state index in [-0.39, 0.29) is 4.47 Å². The molecular formula is C7H3BrF3O. The van der Waals surface area contributed by atoms with Crippen LogP contribution in [-0.2, 0) is 11.3 Å². The van der Waals surface area contributed by atoms with Gasteiger partial charge < -0.3 is 0 Å². The number of benzene rings is 1. The molecule has 0 atom stereocenters. The van der Waals surface area contributed by atoms with Crippen LogP contribution in [0, 0.1) is 0 Å². The van der Waals surface area contributed by atoms with Crippen LogP contribution in [0.3, 0.4) is 0 Å². The van der Waals surface area contributed by atoms with Crippen LogP contribution in [0.25, 0.3) is 0 Å². The molecule has 5 heteroatoms. The Morgan fingerprint density at radius 2 is 1.83 bits per heavy atom. The minimum atomic E-state index is -4.47. The van der Waals surface area contributed by atoms with Crippen molar-refractivity contribution in [3.05, 3.63) is 28.2 Å². The second-order valence-electron chi connectivity index (χ2n) is 2.14. The summed E-state index contributed by atoms with van der Waals surface area (Å²) >= 11 is 2.71. The molecule has 0 aliphatic heterocycles. The minimum absolute atomic E-state index is 0.116. The highest BCUT2D eigenvalue weighted by Crippen LogP contribution is 2.36. The average molecular weight is 240 g/mol. The fraction of sp³-hybridized carbons (Fsp3) is 0.143. The highest BCUT2D eigenvalue weighted by molar-refractivity contribution is 9.10. The molecule has 0 N–H and O–H groups in total. The topological polar surface area (TPSA) is 19.9 Å². The van der Waals surface area contributed by atoms with E-state index in [0.29, 0.717) is 6.07 Å². The second kappa shape index (κ2) is 2.97. The number of hydrogen-bond acceptors (Lipinski definition) is 0. The third-order valence-electron chi connectivity index (χ3n) is 1.24. The first kappa shape index (κ1) is 9.38. The zero-order chi connectivity index (χ0) is 9.35. The van der Waals surface area contributed by atoms with Gasteiger partial charge in [-0.1, -0.05) is 15.9 Å². The minimum Gasteiger partial charge on any atom is -0.290 e. The third kappa shape index (κ3) is 1.91. The Balaban J connectivity index is 3.23. The molecule has 0 amide bonds. The van der Waals surface area contributed by atoms with Crippen molar-refractivity contribution in [1.82, 2.24) is 0 Å². The van der Waals surface area contributed by atoms with Crippen LogP contribution < -0.4 is 0 Å². The molecule has 0 unspecified atom stereocenters. The zero-order valence-corrected chi connectivity index (χ0v) is 7.24. The molecule has 0 aliphatic carbocycles. The highest BCUT2D eigenvalue weighted by Gasteiger charge is 2.33. The molecular weight excluding hydrogens is 237 g/mol. The van der Waals surface area contributed by atoms with Gasteiger partial charge in [0.2, 0.25) is 0 Å². The summed E-state index contributed by atoms with van der Waals surface area (Å²) in [5, 5.41) is 10.6. The van der Waals surface area contributed by atoms with Gasteiger partial charge in [-0.2, -0.15) is 13.2 Å². The summed E-state index contributed by atoms with van der Waals surface area (Å²) in [5.41, 5.74) is -0.935. The molecule has 0 bridgehead atoms. The van der Waals surface area contributed by atoms with Crippen LogP contribution in [0.15, 0.2) is 22.7 Å². The Labute approximate surface area is 75.0 Å². The Kier molecular flexibility index (Phi) is 2.32. The van der Waals surface area contributed by atoms with Gasteiger partial charge in [-0.25, -0.2) is 0 Å². The van der Waals surface area contributed by atoms with E-state index in [2.05, 4.69) is 15.9 Å². The second-order valence-corrected chi connectivity index (χ2v) is 2.99. The zero-order valence-electron chi connectivity index (χ0n) is 5.65. The van der Waals surface area contributed by atoms with Crippen LogP contribution in [0.2, 0.25) is 0 Å². The summed E-state index contributed by atoms with van der Waals surface area (Å²) in [7, 11) is 0. The van der Waals surface area contributed by atoms with Gasteiger partial charge in [-0.05, 0) is 18.2 Å². The highest BCUT2D eigenvalue weighted by atomic mass is 79.9. The van der Waals surface area contributed by atoms with Gasteiger partial charge in [-0.15, -0.1) is 0 Å². The maximum atomic E-state index is 12.1. The van der Waals surface area contributed by atoms with E-state index in [1.165, 1.54) is 0 Å². The Bertz CT molecular complexity index is 295. The van der Waals surface area contributed by atoms with Gasteiger partial charge in [0.25, 0.3) is 0 Å². The molecule has 65 valence electrons.